The summed E-state index contributed by atoms with van der Waals surface area (Å²) in [6.45, 7) is 6.92. The lowest BCUT2D eigenvalue weighted by atomic mass is 10.2. The molecule has 0 N–H and O–H groups in total. The number of halogens is 1. The van der Waals surface area contributed by atoms with Gasteiger partial charge in [0.2, 0.25) is 14.7 Å². The summed E-state index contributed by atoms with van der Waals surface area (Å²) in [5.41, 5.74) is 0. The van der Waals surface area contributed by atoms with Crippen molar-refractivity contribution in [3.05, 3.63) is 0 Å². The maximum absolute atomic E-state index is 11.6. The lowest BCUT2D eigenvalue weighted by Gasteiger charge is -2.41. The summed E-state index contributed by atoms with van der Waals surface area (Å²) in [7, 11) is 0.214. The van der Waals surface area contributed by atoms with Crippen LogP contribution in [0.2, 0.25) is 0 Å². The van der Waals surface area contributed by atoms with E-state index in [4.69, 9.17) is 15.8 Å². The summed E-state index contributed by atoms with van der Waals surface area (Å²) in [5.74, 6) is 0.0489. The normalized spacial score (nSPS) is 24.1. The molecule has 0 aromatic heterocycles. The SMILES string of the molecule is CCC1CN(C(C)(C)[Si]Cl)C(=O)CO1. The van der Waals surface area contributed by atoms with E-state index in [1.165, 1.54) is 0 Å². The van der Waals surface area contributed by atoms with Crippen LogP contribution in [0.25, 0.3) is 0 Å². The fourth-order valence-electron chi connectivity index (χ4n) is 1.46. The summed E-state index contributed by atoms with van der Waals surface area (Å²) < 4.78 is 5.38. The van der Waals surface area contributed by atoms with Crippen LogP contribution in [-0.2, 0) is 9.53 Å². The minimum atomic E-state index is -0.240. The molecule has 1 rings (SSSR count). The smallest absolute Gasteiger partial charge is 0.248 e. The average Bonchev–Trinajstić information content (AvgIpc) is 2.18. The highest BCUT2D eigenvalue weighted by Gasteiger charge is 2.35. The van der Waals surface area contributed by atoms with Crippen LogP contribution in [0.5, 0.6) is 0 Å². The summed E-state index contributed by atoms with van der Waals surface area (Å²) in [4.78, 5) is 13.5. The zero-order chi connectivity index (χ0) is 10.8. The quantitative estimate of drug-likeness (QED) is 0.542. The largest absolute Gasteiger partial charge is 0.367 e. The van der Waals surface area contributed by atoms with Gasteiger partial charge >= 0.3 is 0 Å². The summed E-state index contributed by atoms with van der Waals surface area (Å²) in [6, 6.07) is 0. The number of rotatable bonds is 3. The number of carbonyl (C=O) groups is 1. The average molecular weight is 234 g/mol. The molecule has 1 aliphatic rings. The number of hydrogen-bond acceptors (Lipinski definition) is 2. The van der Waals surface area contributed by atoms with Gasteiger partial charge in [0, 0.05) is 11.7 Å². The fourth-order valence-corrected chi connectivity index (χ4v) is 2.09. The fraction of sp³-hybridized carbons (Fsp3) is 0.889. The molecule has 0 bridgehead atoms. The number of morpholine rings is 1. The Labute approximate surface area is 92.3 Å². The third kappa shape index (κ3) is 2.49. The van der Waals surface area contributed by atoms with Crippen molar-refractivity contribution in [1.29, 1.82) is 0 Å². The molecule has 1 fully saturated rings. The number of carbonyl (C=O) groups excluding carboxylic acids is 1. The molecule has 80 valence electrons. The van der Waals surface area contributed by atoms with Gasteiger partial charge in [-0.3, -0.25) is 4.79 Å². The van der Waals surface area contributed by atoms with Crippen LogP contribution < -0.4 is 0 Å². The van der Waals surface area contributed by atoms with E-state index >= 15 is 0 Å². The second kappa shape index (κ2) is 4.64. The molecule has 0 saturated carbocycles. The lowest BCUT2D eigenvalue weighted by Crippen LogP contribution is -2.57. The minimum Gasteiger partial charge on any atom is -0.367 e. The van der Waals surface area contributed by atoms with Crippen molar-refractivity contribution in [1.82, 2.24) is 4.90 Å². The molecule has 1 heterocycles. The van der Waals surface area contributed by atoms with Crippen LogP contribution in [0, 0.1) is 0 Å². The zero-order valence-electron chi connectivity index (χ0n) is 8.84. The first-order chi connectivity index (χ1) is 6.51. The molecule has 1 aliphatic heterocycles. The van der Waals surface area contributed by atoms with Crippen molar-refractivity contribution in [2.75, 3.05) is 13.2 Å². The van der Waals surface area contributed by atoms with Crippen LogP contribution in [0.1, 0.15) is 27.2 Å². The highest BCUT2D eigenvalue weighted by Crippen LogP contribution is 2.20. The van der Waals surface area contributed by atoms with Crippen molar-refractivity contribution in [2.24, 2.45) is 0 Å². The molecule has 3 nitrogen and oxygen atoms in total. The molecule has 0 aliphatic carbocycles. The lowest BCUT2D eigenvalue weighted by molar-refractivity contribution is -0.153. The standard InChI is InChI=1S/C9H16ClNO2Si/c1-4-7-5-11(8(12)6-13-7)9(2,3)14-10/h7H,4-6H2,1-3H3. The Bertz CT molecular complexity index is 223. The van der Waals surface area contributed by atoms with E-state index in [1.807, 2.05) is 18.7 Å². The highest BCUT2D eigenvalue weighted by atomic mass is 35.6. The van der Waals surface area contributed by atoms with Gasteiger partial charge in [-0.1, -0.05) is 6.92 Å². The summed E-state index contributed by atoms with van der Waals surface area (Å²) in [5, 5.41) is -0.240. The number of amides is 1. The number of ether oxygens (including phenoxy) is 1. The third-order valence-electron chi connectivity index (χ3n) is 2.49. The first kappa shape index (κ1) is 12.0. The molecule has 1 unspecified atom stereocenters. The first-order valence-corrected chi connectivity index (χ1v) is 6.82. The predicted octanol–water partition coefficient (Wildman–Crippen LogP) is 1.22. The van der Waals surface area contributed by atoms with E-state index in [0.717, 1.165) is 6.42 Å². The molecule has 14 heavy (non-hydrogen) atoms. The van der Waals surface area contributed by atoms with E-state index in [2.05, 4.69) is 6.92 Å². The van der Waals surface area contributed by atoms with Crippen LogP contribution >= 0.6 is 11.1 Å². The van der Waals surface area contributed by atoms with Crippen LogP contribution in [-0.4, -0.2) is 44.1 Å². The summed E-state index contributed by atoms with van der Waals surface area (Å²) in [6.07, 6.45) is 1.10. The first-order valence-electron chi connectivity index (χ1n) is 4.81. The van der Waals surface area contributed by atoms with E-state index in [9.17, 15) is 4.79 Å². The van der Waals surface area contributed by atoms with E-state index in [-0.39, 0.29) is 32.6 Å². The van der Waals surface area contributed by atoms with Crippen LogP contribution in [0.15, 0.2) is 0 Å². The van der Waals surface area contributed by atoms with Gasteiger partial charge in [-0.15, -0.1) is 0 Å². The Morgan fingerprint density at radius 1 is 1.71 bits per heavy atom. The Morgan fingerprint density at radius 3 is 2.86 bits per heavy atom. The van der Waals surface area contributed by atoms with Gasteiger partial charge < -0.3 is 9.64 Å². The predicted molar refractivity (Wildman–Crippen MR) is 57.4 cm³/mol. The van der Waals surface area contributed by atoms with Gasteiger partial charge in [-0.2, -0.15) is 11.1 Å². The van der Waals surface area contributed by atoms with E-state index in [1.54, 1.807) is 0 Å². The molecule has 5 heteroatoms. The van der Waals surface area contributed by atoms with Gasteiger partial charge in [-0.25, -0.2) is 0 Å². The van der Waals surface area contributed by atoms with Crippen molar-refractivity contribution in [3.8, 4) is 0 Å². The van der Waals surface area contributed by atoms with Gasteiger partial charge in [0.1, 0.15) is 6.61 Å². The molecule has 0 spiro atoms. The Hall–Kier alpha value is -0.0631. The molecule has 0 aromatic rings. The van der Waals surface area contributed by atoms with Crippen molar-refractivity contribution < 1.29 is 9.53 Å². The maximum Gasteiger partial charge on any atom is 0.248 e. The van der Waals surface area contributed by atoms with Crippen LogP contribution in [0.3, 0.4) is 0 Å². The molecular formula is C9H16ClNO2Si. The van der Waals surface area contributed by atoms with Crippen LogP contribution in [0.4, 0.5) is 0 Å². The number of hydrogen-bond donors (Lipinski definition) is 0. The molecule has 1 atom stereocenters. The topological polar surface area (TPSA) is 29.5 Å². The van der Waals surface area contributed by atoms with Gasteiger partial charge in [0.15, 0.2) is 0 Å². The Morgan fingerprint density at radius 2 is 2.36 bits per heavy atom. The molecule has 2 radical (unpaired) electrons. The number of nitrogens with zero attached hydrogens (tertiary/aromatic N) is 1. The van der Waals surface area contributed by atoms with Gasteiger partial charge in [0.05, 0.1) is 6.10 Å². The molecule has 1 amide bonds. The minimum absolute atomic E-state index is 0.0489. The Kier molecular flexibility index (Phi) is 3.98. The van der Waals surface area contributed by atoms with Gasteiger partial charge in [-0.05, 0) is 20.3 Å². The van der Waals surface area contributed by atoms with E-state index < -0.39 is 0 Å². The van der Waals surface area contributed by atoms with Crippen molar-refractivity contribution in [3.63, 3.8) is 0 Å². The van der Waals surface area contributed by atoms with Gasteiger partial charge in [0.25, 0.3) is 0 Å². The molecule has 1 saturated heterocycles. The molecular weight excluding hydrogens is 218 g/mol. The second-order valence-electron chi connectivity index (χ2n) is 4.00. The third-order valence-corrected chi connectivity index (χ3v) is 4.61. The monoisotopic (exact) mass is 233 g/mol. The highest BCUT2D eigenvalue weighted by molar-refractivity contribution is 6.95. The summed E-state index contributed by atoms with van der Waals surface area (Å²) >= 11 is 5.88. The van der Waals surface area contributed by atoms with Crippen molar-refractivity contribution >= 4 is 25.8 Å². The second-order valence-corrected chi connectivity index (χ2v) is 5.98. The van der Waals surface area contributed by atoms with Crippen molar-refractivity contribution in [2.45, 2.75) is 38.5 Å². The zero-order valence-corrected chi connectivity index (χ0v) is 10.6. The Balaban J connectivity index is 2.70. The maximum atomic E-state index is 11.6. The van der Waals surface area contributed by atoms with E-state index in [0.29, 0.717) is 6.54 Å². The molecule has 0 aromatic carbocycles.